The van der Waals surface area contributed by atoms with E-state index >= 15 is 0 Å². The van der Waals surface area contributed by atoms with E-state index in [1.807, 2.05) is 55.8 Å². The van der Waals surface area contributed by atoms with E-state index < -0.39 is 0 Å². The lowest BCUT2D eigenvalue weighted by molar-refractivity contribution is -0.120. The van der Waals surface area contributed by atoms with Crippen molar-refractivity contribution in [3.8, 4) is 0 Å². The van der Waals surface area contributed by atoms with Gasteiger partial charge in [-0.1, -0.05) is 43.6 Å². The minimum atomic E-state index is 0.0346. The van der Waals surface area contributed by atoms with E-state index in [0.717, 1.165) is 29.1 Å². The minimum absolute atomic E-state index is 0.0346. The van der Waals surface area contributed by atoms with Crippen LogP contribution in [0.3, 0.4) is 0 Å². The van der Waals surface area contributed by atoms with Crippen molar-refractivity contribution in [1.82, 2.24) is 9.78 Å². The van der Waals surface area contributed by atoms with Gasteiger partial charge < -0.3 is 5.32 Å². The fourth-order valence-electron chi connectivity index (χ4n) is 2.41. The van der Waals surface area contributed by atoms with Crippen LogP contribution in [0.15, 0.2) is 30.3 Å². The van der Waals surface area contributed by atoms with Crippen LogP contribution in [0.2, 0.25) is 5.02 Å². The number of nitrogens with zero attached hydrogens (tertiary/aromatic N) is 2. The SMILES string of the molecule is CCC(CC)C(=O)Nc1cc(C)n(Cc2ccccc2Cl)n1. The predicted octanol–water partition coefficient (Wildman–Crippen LogP) is 4.27. The number of hydrogen-bond donors (Lipinski definition) is 1. The summed E-state index contributed by atoms with van der Waals surface area (Å²) in [7, 11) is 0. The zero-order valence-electron chi connectivity index (χ0n) is 13.3. The first-order valence-electron chi connectivity index (χ1n) is 7.63. The lowest BCUT2D eigenvalue weighted by Crippen LogP contribution is -2.22. The Morgan fingerprint density at radius 3 is 2.64 bits per heavy atom. The number of rotatable bonds is 6. The van der Waals surface area contributed by atoms with Crippen LogP contribution in [0.5, 0.6) is 0 Å². The van der Waals surface area contributed by atoms with Crippen molar-refractivity contribution < 1.29 is 4.79 Å². The summed E-state index contributed by atoms with van der Waals surface area (Å²) in [5.41, 5.74) is 1.99. The fourth-order valence-corrected chi connectivity index (χ4v) is 2.60. The van der Waals surface area contributed by atoms with Crippen LogP contribution < -0.4 is 5.32 Å². The second-order valence-electron chi connectivity index (χ2n) is 5.42. The monoisotopic (exact) mass is 319 g/mol. The van der Waals surface area contributed by atoms with E-state index in [1.165, 1.54) is 0 Å². The first-order chi connectivity index (χ1) is 10.5. The van der Waals surface area contributed by atoms with Gasteiger partial charge in [0.15, 0.2) is 5.82 Å². The molecule has 0 atom stereocenters. The molecule has 0 aliphatic rings. The van der Waals surface area contributed by atoms with Gasteiger partial charge in [-0.15, -0.1) is 0 Å². The van der Waals surface area contributed by atoms with E-state index in [1.54, 1.807) is 0 Å². The average Bonchev–Trinajstić information content (AvgIpc) is 2.82. The molecule has 0 radical (unpaired) electrons. The van der Waals surface area contributed by atoms with Crippen molar-refractivity contribution in [2.75, 3.05) is 5.32 Å². The van der Waals surface area contributed by atoms with Crippen LogP contribution in [-0.2, 0) is 11.3 Å². The molecule has 1 aromatic carbocycles. The van der Waals surface area contributed by atoms with Gasteiger partial charge in [0, 0.05) is 22.7 Å². The number of benzene rings is 1. The maximum absolute atomic E-state index is 12.1. The number of amides is 1. The third-order valence-corrected chi connectivity index (χ3v) is 4.24. The minimum Gasteiger partial charge on any atom is -0.309 e. The van der Waals surface area contributed by atoms with Crippen LogP contribution in [0.4, 0.5) is 5.82 Å². The zero-order chi connectivity index (χ0) is 16.1. The quantitative estimate of drug-likeness (QED) is 0.864. The maximum Gasteiger partial charge on any atom is 0.228 e. The molecule has 0 spiro atoms. The lowest BCUT2D eigenvalue weighted by Gasteiger charge is -2.10. The van der Waals surface area contributed by atoms with Gasteiger partial charge in [-0.3, -0.25) is 9.48 Å². The van der Waals surface area contributed by atoms with Crippen LogP contribution in [0.1, 0.15) is 37.9 Å². The molecule has 0 aliphatic carbocycles. The highest BCUT2D eigenvalue weighted by molar-refractivity contribution is 6.31. The summed E-state index contributed by atoms with van der Waals surface area (Å²) < 4.78 is 1.85. The van der Waals surface area contributed by atoms with Crippen LogP contribution in [-0.4, -0.2) is 15.7 Å². The first-order valence-corrected chi connectivity index (χ1v) is 8.01. The van der Waals surface area contributed by atoms with E-state index in [-0.39, 0.29) is 11.8 Å². The highest BCUT2D eigenvalue weighted by Gasteiger charge is 2.16. The van der Waals surface area contributed by atoms with Crippen LogP contribution in [0.25, 0.3) is 0 Å². The Morgan fingerprint density at radius 2 is 2.00 bits per heavy atom. The molecule has 0 fully saturated rings. The Kier molecular flexibility index (Phi) is 5.61. The number of anilines is 1. The Bertz CT molecular complexity index is 647. The highest BCUT2D eigenvalue weighted by Crippen LogP contribution is 2.19. The molecule has 0 saturated heterocycles. The third kappa shape index (κ3) is 3.89. The Balaban J connectivity index is 2.12. The fraction of sp³-hybridized carbons (Fsp3) is 0.412. The standard InChI is InChI=1S/C17H22ClN3O/c1-4-13(5-2)17(22)19-16-10-12(3)21(20-16)11-14-8-6-7-9-15(14)18/h6-10,13H,4-5,11H2,1-3H3,(H,19,20,22). The molecule has 0 unspecified atom stereocenters. The van der Waals surface area contributed by atoms with E-state index in [4.69, 9.17) is 11.6 Å². The van der Waals surface area contributed by atoms with Crippen molar-refractivity contribution in [2.24, 2.45) is 5.92 Å². The molecule has 22 heavy (non-hydrogen) atoms. The normalized spacial score (nSPS) is 11.0. The average molecular weight is 320 g/mol. The largest absolute Gasteiger partial charge is 0.309 e. The summed E-state index contributed by atoms with van der Waals surface area (Å²) >= 11 is 6.19. The molecule has 0 bridgehead atoms. The van der Waals surface area contributed by atoms with Gasteiger partial charge in [-0.25, -0.2) is 0 Å². The Labute approximate surface area is 136 Å². The molecule has 1 N–H and O–H groups in total. The van der Waals surface area contributed by atoms with Gasteiger partial charge in [0.25, 0.3) is 0 Å². The number of carbonyl (C=O) groups is 1. The Hall–Kier alpha value is -1.81. The van der Waals surface area contributed by atoms with E-state index in [9.17, 15) is 4.79 Å². The first kappa shape index (κ1) is 16.6. The van der Waals surface area contributed by atoms with Gasteiger partial charge in [0.1, 0.15) is 0 Å². The van der Waals surface area contributed by atoms with E-state index in [2.05, 4.69) is 10.4 Å². The van der Waals surface area contributed by atoms with Crippen molar-refractivity contribution in [2.45, 2.75) is 40.2 Å². The van der Waals surface area contributed by atoms with E-state index in [0.29, 0.717) is 12.4 Å². The highest BCUT2D eigenvalue weighted by atomic mass is 35.5. The summed E-state index contributed by atoms with van der Waals surface area (Å²) in [6, 6.07) is 9.59. The molecule has 118 valence electrons. The van der Waals surface area contributed by atoms with Gasteiger partial charge in [0.2, 0.25) is 5.91 Å². The number of aromatic nitrogens is 2. The van der Waals surface area contributed by atoms with Gasteiger partial charge in [0.05, 0.1) is 6.54 Å². The molecular weight excluding hydrogens is 298 g/mol. The molecule has 5 heteroatoms. The van der Waals surface area contributed by atoms with Gasteiger partial charge in [-0.2, -0.15) is 5.10 Å². The number of aryl methyl sites for hydroxylation is 1. The molecule has 0 saturated carbocycles. The molecule has 1 aromatic heterocycles. The summed E-state index contributed by atoms with van der Waals surface area (Å²) in [5, 5.41) is 8.09. The smallest absolute Gasteiger partial charge is 0.228 e. The topological polar surface area (TPSA) is 46.9 Å². The number of carbonyl (C=O) groups excluding carboxylic acids is 1. The van der Waals surface area contributed by atoms with Crippen molar-refractivity contribution in [3.63, 3.8) is 0 Å². The summed E-state index contributed by atoms with van der Waals surface area (Å²) in [6.07, 6.45) is 1.67. The number of halogens is 1. The van der Waals surface area contributed by atoms with Crippen LogP contribution in [0, 0.1) is 12.8 Å². The molecule has 2 aromatic rings. The molecule has 1 heterocycles. The number of nitrogens with one attached hydrogen (secondary N) is 1. The lowest BCUT2D eigenvalue weighted by atomic mass is 10.0. The Morgan fingerprint density at radius 1 is 1.32 bits per heavy atom. The van der Waals surface area contributed by atoms with Crippen molar-refractivity contribution >= 4 is 23.3 Å². The predicted molar refractivity (Wildman–Crippen MR) is 90.2 cm³/mol. The van der Waals surface area contributed by atoms with Crippen LogP contribution >= 0.6 is 11.6 Å². The molecular formula is C17H22ClN3O. The van der Waals surface area contributed by atoms with Crippen molar-refractivity contribution in [1.29, 1.82) is 0 Å². The third-order valence-electron chi connectivity index (χ3n) is 3.87. The zero-order valence-corrected chi connectivity index (χ0v) is 14.0. The summed E-state index contributed by atoms with van der Waals surface area (Å²) in [6.45, 7) is 6.60. The van der Waals surface area contributed by atoms with Crippen molar-refractivity contribution in [3.05, 3.63) is 46.6 Å². The van der Waals surface area contributed by atoms with Gasteiger partial charge in [-0.05, 0) is 31.4 Å². The molecule has 4 nitrogen and oxygen atoms in total. The summed E-state index contributed by atoms with van der Waals surface area (Å²) in [5.74, 6) is 0.669. The second kappa shape index (κ2) is 7.45. The second-order valence-corrected chi connectivity index (χ2v) is 5.83. The van der Waals surface area contributed by atoms with Gasteiger partial charge >= 0.3 is 0 Å². The molecule has 1 amide bonds. The molecule has 0 aliphatic heterocycles. The molecule has 2 rings (SSSR count). The maximum atomic E-state index is 12.1. The summed E-state index contributed by atoms with van der Waals surface area (Å²) in [4.78, 5) is 12.1. The number of hydrogen-bond acceptors (Lipinski definition) is 2.